The number of aliphatic hydroxyl groups excluding tert-OH is 1. The molecule has 0 aromatic heterocycles. The van der Waals surface area contributed by atoms with Crippen LogP contribution in [0.4, 0.5) is 0 Å². The van der Waals surface area contributed by atoms with Gasteiger partial charge in [-0.2, -0.15) is 0 Å². The van der Waals surface area contributed by atoms with Crippen LogP contribution in [-0.2, 0) is 30.4 Å². The van der Waals surface area contributed by atoms with Crippen molar-refractivity contribution >= 4 is 35.5 Å². The third-order valence-electron chi connectivity index (χ3n) is 7.41. The number of unbranched alkanes of at least 4 members (excludes halogenated alkanes) is 1. The summed E-state index contributed by atoms with van der Waals surface area (Å²) in [5.41, 5.74) is 17.2. The van der Waals surface area contributed by atoms with Gasteiger partial charge in [0.15, 0.2) is 5.96 Å². The van der Waals surface area contributed by atoms with Crippen LogP contribution in [0.5, 0.6) is 0 Å². The van der Waals surface area contributed by atoms with Crippen molar-refractivity contribution in [3.05, 3.63) is 35.9 Å². The molecule has 0 saturated carbocycles. The molecule has 0 aliphatic carbocycles. The van der Waals surface area contributed by atoms with Crippen molar-refractivity contribution in [2.45, 2.75) is 82.6 Å². The first-order valence-electron chi connectivity index (χ1n) is 15.9. The molecule has 47 heavy (non-hydrogen) atoms. The first-order valence-corrected chi connectivity index (χ1v) is 15.9. The molecule has 0 radical (unpaired) electrons. The van der Waals surface area contributed by atoms with E-state index in [2.05, 4.69) is 36.9 Å². The molecule has 1 aromatic carbocycles. The number of hydrogen-bond acceptors (Lipinski definition) is 9. The van der Waals surface area contributed by atoms with Crippen molar-refractivity contribution in [3.8, 4) is 0 Å². The second-order valence-electron chi connectivity index (χ2n) is 11.5. The van der Waals surface area contributed by atoms with Crippen LogP contribution in [0.2, 0.25) is 0 Å². The molecular weight excluding hydrogens is 608 g/mol. The smallest absolute Gasteiger partial charge is 0.245 e. The lowest BCUT2D eigenvalue weighted by atomic mass is 10.0. The van der Waals surface area contributed by atoms with Crippen LogP contribution in [0.15, 0.2) is 35.3 Å². The van der Waals surface area contributed by atoms with Gasteiger partial charge in [0.25, 0.3) is 0 Å². The fraction of sp³-hybridized carbons (Fsp3) is 0.613. The van der Waals surface area contributed by atoms with E-state index >= 15 is 0 Å². The second kappa shape index (κ2) is 22.3. The third-order valence-corrected chi connectivity index (χ3v) is 7.41. The quantitative estimate of drug-likeness (QED) is 0.0350. The number of nitrogens with two attached hydrogens (primary N) is 3. The maximum atomic E-state index is 13.5. The van der Waals surface area contributed by atoms with Gasteiger partial charge in [-0.05, 0) is 50.8 Å². The molecule has 0 bridgehead atoms. The molecule has 13 N–H and O–H groups in total. The Bertz CT molecular complexity index is 1160. The highest BCUT2D eigenvalue weighted by Crippen LogP contribution is 2.08. The number of aliphatic imine (C=N–C) groups is 1. The standard InChI is InChI=1S/C31H54N10O6/c1-19(2)25(30(47)40-24(18-42)29(46)39-23(26(43)36-4)17-20-11-6-5-7-12-20)41-28(45)22(14-10-16-37-31(33)34)38-27(44)21(35-3)13-8-9-15-32/h5-7,11-12,19,21-25,35,42H,8-10,13-18,32H2,1-4H3,(H,36,43)(H,38,44)(H,39,46)(H,40,47)(H,41,45)(H4,33,34,37)/t21-,22-,23-,24-,25?/m0/s1. The maximum Gasteiger partial charge on any atom is 0.245 e. The summed E-state index contributed by atoms with van der Waals surface area (Å²) < 4.78 is 0. The second-order valence-corrected chi connectivity index (χ2v) is 11.5. The monoisotopic (exact) mass is 662 g/mol. The summed E-state index contributed by atoms with van der Waals surface area (Å²) in [5.74, 6) is -3.54. The van der Waals surface area contributed by atoms with Gasteiger partial charge >= 0.3 is 0 Å². The fourth-order valence-electron chi connectivity index (χ4n) is 4.69. The van der Waals surface area contributed by atoms with Gasteiger partial charge in [0.1, 0.15) is 24.2 Å². The Morgan fingerprint density at radius 1 is 0.745 bits per heavy atom. The Balaban J connectivity index is 3.06. The molecule has 0 heterocycles. The molecule has 0 fully saturated rings. The molecule has 16 nitrogen and oxygen atoms in total. The Morgan fingerprint density at radius 3 is 1.87 bits per heavy atom. The van der Waals surface area contributed by atoms with E-state index in [0.717, 1.165) is 12.0 Å². The lowest BCUT2D eigenvalue weighted by Crippen LogP contribution is -2.60. The predicted octanol–water partition coefficient (Wildman–Crippen LogP) is -2.67. The van der Waals surface area contributed by atoms with E-state index in [4.69, 9.17) is 17.2 Å². The summed E-state index contributed by atoms with van der Waals surface area (Å²) in [4.78, 5) is 69.5. The van der Waals surface area contributed by atoms with Crippen molar-refractivity contribution in [1.82, 2.24) is 31.9 Å². The van der Waals surface area contributed by atoms with Gasteiger partial charge in [-0.3, -0.25) is 29.0 Å². The number of likely N-dealkylation sites (N-methyl/N-ethyl adjacent to an activating group) is 2. The summed E-state index contributed by atoms with van der Waals surface area (Å²) >= 11 is 0. The SMILES string of the molecule is CNC(=O)[C@H](Cc1ccccc1)NC(=O)[C@H](CO)NC(=O)C(NC(=O)[C@H](CCCN=C(N)N)NC(=O)[C@H](CCCCN)NC)C(C)C. The van der Waals surface area contributed by atoms with E-state index in [1.54, 1.807) is 45.2 Å². The van der Waals surface area contributed by atoms with E-state index in [1.165, 1.54) is 7.05 Å². The number of nitrogens with one attached hydrogen (secondary N) is 6. The zero-order valence-electron chi connectivity index (χ0n) is 27.9. The van der Waals surface area contributed by atoms with Gasteiger partial charge in [-0.15, -0.1) is 0 Å². The summed E-state index contributed by atoms with van der Waals surface area (Å²) in [6, 6.07) is 3.93. The maximum absolute atomic E-state index is 13.5. The Labute approximate surface area is 276 Å². The van der Waals surface area contributed by atoms with Gasteiger partial charge < -0.3 is 54.2 Å². The minimum absolute atomic E-state index is 0.106. The number of nitrogens with zero attached hydrogens (tertiary/aromatic N) is 1. The Hall–Kier alpha value is -4.28. The van der Waals surface area contributed by atoms with E-state index in [9.17, 15) is 29.1 Å². The molecule has 264 valence electrons. The molecular formula is C31H54N10O6. The fourth-order valence-corrected chi connectivity index (χ4v) is 4.69. The molecule has 16 heteroatoms. The van der Waals surface area contributed by atoms with Crippen LogP contribution in [0.3, 0.4) is 0 Å². The zero-order chi connectivity index (χ0) is 35.4. The topological polar surface area (TPSA) is 268 Å². The summed E-state index contributed by atoms with van der Waals surface area (Å²) in [5, 5.41) is 26.0. The van der Waals surface area contributed by atoms with Crippen molar-refractivity contribution in [2.24, 2.45) is 28.1 Å². The van der Waals surface area contributed by atoms with Crippen LogP contribution < -0.4 is 49.1 Å². The molecule has 5 amide bonds. The number of carbonyl (C=O) groups is 5. The van der Waals surface area contributed by atoms with Gasteiger partial charge in [0.2, 0.25) is 29.5 Å². The first-order chi connectivity index (χ1) is 22.4. The summed E-state index contributed by atoms with van der Waals surface area (Å²) in [6.07, 6.45) is 2.67. The Morgan fingerprint density at radius 2 is 1.32 bits per heavy atom. The minimum Gasteiger partial charge on any atom is -0.394 e. The van der Waals surface area contributed by atoms with Gasteiger partial charge in [0, 0.05) is 20.0 Å². The number of amides is 5. The van der Waals surface area contributed by atoms with Crippen LogP contribution in [0.1, 0.15) is 51.5 Å². The van der Waals surface area contributed by atoms with E-state index in [0.29, 0.717) is 25.8 Å². The first kappa shape index (κ1) is 40.7. The van der Waals surface area contributed by atoms with Crippen molar-refractivity contribution in [1.29, 1.82) is 0 Å². The van der Waals surface area contributed by atoms with Crippen molar-refractivity contribution < 1.29 is 29.1 Å². The highest BCUT2D eigenvalue weighted by molar-refractivity contribution is 5.96. The molecule has 1 aromatic rings. The van der Waals surface area contributed by atoms with Gasteiger partial charge in [-0.25, -0.2) is 0 Å². The average molecular weight is 663 g/mol. The normalized spacial score (nSPS) is 14.1. The number of hydrogen-bond donors (Lipinski definition) is 10. The van der Waals surface area contributed by atoms with Crippen molar-refractivity contribution in [3.63, 3.8) is 0 Å². The van der Waals surface area contributed by atoms with Gasteiger partial charge in [-0.1, -0.05) is 50.6 Å². The number of guanidine groups is 1. The van der Waals surface area contributed by atoms with Crippen LogP contribution in [0.25, 0.3) is 0 Å². The van der Waals surface area contributed by atoms with Crippen LogP contribution in [-0.4, -0.2) is 105 Å². The number of carbonyl (C=O) groups excluding carboxylic acids is 5. The number of aliphatic hydroxyl groups is 1. The molecule has 0 aliphatic rings. The van der Waals surface area contributed by atoms with Crippen LogP contribution in [0, 0.1) is 5.92 Å². The highest BCUT2D eigenvalue weighted by Gasteiger charge is 2.33. The molecule has 0 aliphatic heterocycles. The number of rotatable bonds is 22. The summed E-state index contributed by atoms with van der Waals surface area (Å²) in [6.45, 7) is 3.34. The predicted molar refractivity (Wildman–Crippen MR) is 180 cm³/mol. The largest absolute Gasteiger partial charge is 0.394 e. The number of benzene rings is 1. The van der Waals surface area contributed by atoms with Gasteiger partial charge in [0.05, 0.1) is 12.6 Å². The average Bonchev–Trinajstić information content (AvgIpc) is 3.04. The van der Waals surface area contributed by atoms with E-state index < -0.39 is 72.3 Å². The highest BCUT2D eigenvalue weighted by atomic mass is 16.3. The molecule has 1 unspecified atom stereocenters. The van der Waals surface area contributed by atoms with E-state index in [1.807, 2.05) is 6.07 Å². The minimum atomic E-state index is -1.41. The lowest BCUT2D eigenvalue weighted by Gasteiger charge is -2.28. The molecule has 0 saturated heterocycles. The zero-order valence-corrected chi connectivity index (χ0v) is 27.9. The van der Waals surface area contributed by atoms with Crippen LogP contribution >= 0.6 is 0 Å². The summed E-state index contributed by atoms with van der Waals surface area (Å²) in [7, 11) is 3.08. The third kappa shape index (κ3) is 15.2. The molecule has 0 spiro atoms. The molecule has 5 atom stereocenters. The Kier molecular flexibility index (Phi) is 19.3. The van der Waals surface area contributed by atoms with Crippen molar-refractivity contribution in [2.75, 3.05) is 33.8 Å². The molecule has 1 rings (SSSR count). The lowest BCUT2D eigenvalue weighted by molar-refractivity contribution is -0.136. The van der Waals surface area contributed by atoms with E-state index in [-0.39, 0.29) is 25.3 Å².